The Bertz CT molecular complexity index is 469. The van der Waals surface area contributed by atoms with Crippen molar-refractivity contribution in [1.29, 1.82) is 0 Å². The maximum absolute atomic E-state index is 12.6. The fourth-order valence-corrected chi connectivity index (χ4v) is 3.60. The van der Waals surface area contributed by atoms with E-state index in [4.69, 9.17) is 0 Å². The topological polar surface area (TPSA) is 20.3 Å². The summed E-state index contributed by atoms with van der Waals surface area (Å²) < 4.78 is 0. The predicted octanol–water partition coefficient (Wildman–Crippen LogP) is 3.92. The fourth-order valence-electron chi connectivity index (χ4n) is 3.60. The highest BCUT2D eigenvalue weighted by Crippen LogP contribution is 2.22. The van der Waals surface area contributed by atoms with Crippen molar-refractivity contribution in [3.8, 4) is 0 Å². The van der Waals surface area contributed by atoms with Crippen LogP contribution in [-0.4, -0.2) is 30.3 Å². The monoisotopic (exact) mass is 273 g/mol. The summed E-state index contributed by atoms with van der Waals surface area (Å²) in [5.41, 5.74) is 4.42. The molecule has 1 aliphatic heterocycles. The molecule has 0 bridgehead atoms. The van der Waals surface area contributed by atoms with E-state index in [1.54, 1.807) is 0 Å². The van der Waals surface area contributed by atoms with Crippen LogP contribution in [0.15, 0.2) is 12.1 Å². The van der Waals surface area contributed by atoms with Crippen LogP contribution in [0.25, 0.3) is 0 Å². The number of nitrogens with zero attached hydrogens (tertiary/aromatic N) is 1. The Balaban J connectivity index is 2.03. The van der Waals surface area contributed by atoms with E-state index in [0.717, 1.165) is 35.7 Å². The molecule has 0 amide bonds. The number of carbonyl (C=O) groups is 1. The first kappa shape index (κ1) is 15.2. The number of Topliss-reactive ketones (excluding diaryl/α,β-unsaturated/α-hetero) is 1. The zero-order valence-electron chi connectivity index (χ0n) is 13.3. The first-order valence-corrected chi connectivity index (χ1v) is 7.84. The highest BCUT2D eigenvalue weighted by molar-refractivity contribution is 6.00. The molecule has 0 N–H and O–H groups in total. The Morgan fingerprint density at radius 2 is 1.90 bits per heavy atom. The standard InChI is InChI=1S/C18H27NO/c1-5-6-16-7-8-19(11-16)12-17(20)18-14(3)9-13(2)10-15(18)4/h9-10,16H,5-8,11-12H2,1-4H3. The van der Waals surface area contributed by atoms with Gasteiger partial charge in [-0.25, -0.2) is 0 Å². The Morgan fingerprint density at radius 3 is 2.50 bits per heavy atom. The number of hydrogen-bond acceptors (Lipinski definition) is 2. The molecule has 1 fully saturated rings. The quantitative estimate of drug-likeness (QED) is 0.758. The normalized spacial score (nSPS) is 19.5. The number of aryl methyl sites for hydroxylation is 3. The first-order valence-electron chi connectivity index (χ1n) is 7.84. The van der Waals surface area contributed by atoms with Crippen LogP contribution in [-0.2, 0) is 0 Å². The minimum absolute atomic E-state index is 0.289. The second kappa shape index (κ2) is 6.53. The molecule has 2 rings (SSSR count). The van der Waals surface area contributed by atoms with Gasteiger partial charge in [0.2, 0.25) is 0 Å². The van der Waals surface area contributed by atoms with Crippen molar-refractivity contribution in [2.24, 2.45) is 5.92 Å². The molecule has 1 atom stereocenters. The van der Waals surface area contributed by atoms with Crippen molar-refractivity contribution in [2.45, 2.75) is 47.0 Å². The van der Waals surface area contributed by atoms with E-state index in [9.17, 15) is 4.79 Å². The van der Waals surface area contributed by atoms with E-state index < -0.39 is 0 Å². The molecule has 110 valence electrons. The number of hydrogen-bond donors (Lipinski definition) is 0. The summed E-state index contributed by atoms with van der Waals surface area (Å²) in [7, 11) is 0. The molecule has 2 heteroatoms. The zero-order chi connectivity index (χ0) is 14.7. The van der Waals surface area contributed by atoms with Gasteiger partial charge >= 0.3 is 0 Å². The summed E-state index contributed by atoms with van der Waals surface area (Å²) in [6.45, 7) is 11.2. The summed E-state index contributed by atoms with van der Waals surface area (Å²) in [5, 5.41) is 0. The van der Waals surface area contributed by atoms with Gasteiger partial charge in [-0.2, -0.15) is 0 Å². The molecular weight excluding hydrogens is 246 g/mol. The second-order valence-corrected chi connectivity index (χ2v) is 6.38. The molecule has 0 aromatic heterocycles. The largest absolute Gasteiger partial charge is 0.296 e. The molecule has 0 saturated carbocycles. The third-order valence-electron chi connectivity index (χ3n) is 4.39. The van der Waals surface area contributed by atoms with Crippen LogP contribution in [0, 0.1) is 26.7 Å². The summed E-state index contributed by atoms with van der Waals surface area (Å²) >= 11 is 0. The molecule has 1 unspecified atom stereocenters. The molecule has 20 heavy (non-hydrogen) atoms. The molecule has 0 radical (unpaired) electrons. The van der Waals surface area contributed by atoms with Crippen LogP contribution in [0.3, 0.4) is 0 Å². The van der Waals surface area contributed by atoms with Gasteiger partial charge in [-0.3, -0.25) is 9.69 Å². The van der Waals surface area contributed by atoms with E-state index in [1.165, 1.54) is 24.8 Å². The van der Waals surface area contributed by atoms with Crippen LogP contribution in [0.2, 0.25) is 0 Å². The fraction of sp³-hybridized carbons (Fsp3) is 0.611. The van der Waals surface area contributed by atoms with Crippen LogP contribution < -0.4 is 0 Å². The number of benzene rings is 1. The molecule has 1 aliphatic rings. The van der Waals surface area contributed by atoms with Gasteiger partial charge in [0.1, 0.15) is 0 Å². The molecule has 1 heterocycles. The molecule has 1 aromatic rings. The predicted molar refractivity (Wildman–Crippen MR) is 84.4 cm³/mol. The van der Waals surface area contributed by atoms with E-state index in [-0.39, 0.29) is 5.78 Å². The van der Waals surface area contributed by atoms with Crippen molar-refractivity contribution < 1.29 is 4.79 Å². The van der Waals surface area contributed by atoms with Gasteiger partial charge in [-0.05, 0) is 57.2 Å². The second-order valence-electron chi connectivity index (χ2n) is 6.38. The molecule has 1 saturated heterocycles. The van der Waals surface area contributed by atoms with Gasteiger partial charge in [0.15, 0.2) is 5.78 Å². The number of rotatable bonds is 5. The van der Waals surface area contributed by atoms with Crippen molar-refractivity contribution >= 4 is 5.78 Å². The molecule has 2 nitrogen and oxygen atoms in total. The van der Waals surface area contributed by atoms with Crippen LogP contribution in [0.1, 0.15) is 53.2 Å². The van der Waals surface area contributed by atoms with Crippen molar-refractivity contribution in [1.82, 2.24) is 4.90 Å². The maximum atomic E-state index is 12.6. The SMILES string of the molecule is CCCC1CCN(CC(=O)c2c(C)cc(C)cc2C)C1. The third kappa shape index (κ3) is 3.49. The molecule has 0 aliphatic carbocycles. The third-order valence-corrected chi connectivity index (χ3v) is 4.39. The average molecular weight is 273 g/mol. The molecular formula is C18H27NO. The van der Waals surface area contributed by atoms with E-state index in [2.05, 4.69) is 44.7 Å². The lowest BCUT2D eigenvalue weighted by Gasteiger charge is -2.17. The highest BCUT2D eigenvalue weighted by atomic mass is 16.1. The van der Waals surface area contributed by atoms with Gasteiger partial charge in [0.05, 0.1) is 6.54 Å². The van der Waals surface area contributed by atoms with Crippen molar-refractivity contribution in [3.63, 3.8) is 0 Å². The van der Waals surface area contributed by atoms with E-state index >= 15 is 0 Å². The lowest BCUT2D eigenvalue weighted by atomic mass is 9.96. The van der Waals surface area contributed by atoms with Gasteiger partial charge in [0, 0.05) is 12.1 Å². The highest BCUT2D eigenvalue weighted by Gasteiger charge is 2.24. The number of ketones is 1. The van der Waals surface area contributed by atoms with Gasteiger partial charge in [-0.1, -0.05) is 31.0 Å². The van der Waals surface area contributed by atoms with Crippen LogP contribution >= 0.6 is 0 Å². The lowest BCUT2D eigenvalue weighted by Crippen LogP contribution is -2.28. The minimum atomic E-state index is 0.289. The molecule has 1 aromatic carbocycles. The summed E-state index contributed by atoms with van der Waals surface area (Å²) in [6, 6.07) is 4.23. The average Bonchev–Trinajstić information content (AvgIpc) is 2.75. The summed E-state index contributed by atoms with van der Waals surface area (Å²) in [6.07, 6.45) is 3.81. The Kier molecular flexibility index (Phi) is 4.98. The first-order chi connectivity index (χ1) is 9.51. The smallest absolute Gasteiger partial charge is 0.177 e. The van der Waals surface area contributed by atoms with Crippen molar-refractivity contribution in [2.75, 3.05) is 19.6 Å². The van der Waals surface area contributed by atoms with Crippen LogP contribution in [0.4, 0.5) is 0 Å². The number of likely N-dealkylation sites (tertiary alicyclic amines) is 1. The van der Waals surface area contributed by atoms with E-state index in [0.29, 0.717) is 6.54 Å². The Hall–Kier alpha value is -1.15. The summed E-state index contributed by atoms with van der Waals surface area (Å²) in [4.78, 5) is 14.9. The summed E-state index contributed by atoms with van der Waals surface area (Å²) in [5.74, 6) is 1.09. The maximum Gasteiger partial charge on any atom is 0.177 e. The number of carbonyl (C=O) groups excluding carboxylic acids is 1. The molecule has 0 spiro atoms. The van der Waals surface area contributed by atoms with Crippen LogP contribution in [0.5, 0.6) is 0 Å². The van der Waals surface area contributed by atoms with Gasteiger partial charge in [-0.15, -0.1) is 0 Å². The zero-order valence-corrected chi connectivity index (χ0v) is 13.3. The van der Waals surface area contributed by atoms with Gasteiger partial charge in [0.25, 0.3) is 0 Å². The lowest BCUT2D eigenvalue weighted by molar-refractivity contribution is 0.0942. The van der Waals surface area contributed by atoms with E-state index in [1.807, 2.05) is 0 Å². The Labute approximate surface area is 123 Å². The Morgan fingerprint density at radius 1 is 1.25 bits per heavy atom. The van der Waals surface area contributed by atoms with Gasteiger partial charge < -0.3 is 0 Å². The minimum Gasteiger partial charge on any atom is -0.296 e. The van der Waals surface area contributed by atoms with Crippen molar-refractivity contribution in [3.05, 3.63) is 34.4 Å².